The summed E-state index contributed by atoms with van der Waals surface area (Å²) in [6.07, 6.45) is 0.276. The van der Waals surface area contributed by atoms with Crippen LogP contribution in [0.25, 0.3) is 0 Å². The van der Waals surface area contributed by atoms with Crippen LogP contribution in [-0.2, 0) is 4.79 Å². The maximum Gasteiger partial charge on any atom is 0.275 e. The molecule has 0 saturated carbocycles. The average molecular weight is 299 g/mol. The summed E-state index contributed by atoms with van der Waals surface area (Å²) in [6.45, 7) is 3.96. The van der Waals surface area contributed by atoms with Crippen LogP contribution in [0.15, 0.2) is 12.1 Å². The van der Waals surface area contributed by atoms with E-state index in [9.17, 15) is 19.3 Å². The van der Waals surface area contributed by atoms with E-state index in [4.69, 9.17) is 10.5 Å². The number of nitro benzene ring substituents is 1. The van der Waals surface area contributed by atoms with Gasteiger partial charge in [0.1, 0.15) is 0 Å². The average Bonchev–Trinajstić information content (AvgIpc) is 2.40. The number of hydrogen-bond acceptors (Lipinski definition) is 5. The molecule has 0 aliphatic rings. The number of rotatable bonds is 8. The standard InChI is InChI=1S/C13H18FN3O4/c1-3-16-10(13(15)18)4-5-21-12-6-8(2)11(17(19)20)7-9(12)14/h6-7,10,16H,3-5H2,1-2H3,(H2,15,18). The highest BCUT2D eigenvalue weighted by Crippen LogP contribution is 2.27. The zero-order valence-corrected chi connectivity index (χ0v) is 11.9. The van der Waals surface area contributed by atoms with Gasteiger partial charge in [0.2, 0.25) is 5.91 Å². The second kappa shape index (κ2) is 7.53. The maximum absolute atomic E-state index is 13.7. The third-order valence-corrected chi connectivity index (χ3v) is 2.91. The summed E-state index contributed by atoms with van der Waals surface area (Å²) in [7, 11) is 0. The Morgan fingerprint density at radius 3 is 2.76 bits per heavy atom. The number of aryl methyl sites for hydroxylation is 1. The number of carbonyl (C=O) groups is 1. The zero-order chi connectivity index (χ0) is 16.0. The molecule has 1 aromatic carbocycles. The van der Waals surface area contributed by atoms with Crippen LogP contribution < -0.4 is 15.8 Å². The maximum atomic E-state index is 13.7. The van der Waals surface area contributed by atoms with E-state index in [1.807, 2.05) is 6.92 Å². The van der Waals surface area contributed by atoms with Crippen molar-refractivity contribution in [3.05, 3.63) is 33.6 Å². The molecule has 1 atom stereocenters. The van der Waals surface area contributed by atoms with E-state index in [1.165, 1.54) is 13.0 Å². The zero-order valence-electron chi connectivity index (χ0n) is 11.9. The molecule has 0 aliphatic heterocycles. The third kappa shape index (κ3) is 4.67. The van der Waals surface area contributed by atoms with E-state index >= 15 is 0 Å². The molecule has 0 aromatic heterocycles. The highest BCUT2D eigenvalue weighted by molar-refractivity contribution is 5.79. The van der Waals surface area contributed by atoms with Crippen LogP contribution in [0.2, 0.25) is 0 Å². The first-order valence-corrected chi connectivity index (χ1v) is 6.46. The largest absolute Gasteiger partial charge is 0.490 e. The Hall–Kier alpha value is -2.22. The Balaban J connectivity index is 2.70. The summed E-state index contributed by atoms with van der Waals surface area (Å²) in [5.41, 5.74) is 5.20. The monoisotopic (exact) mass is 299 g/mol. The van der Waals surface area contributed by atoms with Gasteiger partial charge >= 0.3 is 0 Å². The van der Waals surface area contributed by atoms with Crippen LogP contribution in [0.1, 0.15) is 18.9 Å². The number of nitrogens with zero attached hydrogens (tertiary/aromatic N) is 1. The first kappa shape index (κ1) is 16.8. The fourth-order valence-corrected chi connectivity index (χ4v) is 1.83. The smallest absolute Gasteiger partial charge is 0.275 e. The van der Waals surface area contributed by atoms with E-state index in [0.29, 0.717) is 12.1 Å². The molecule has 0 heterocycles. The predicted octanol–water partition coefficient (Wildman–Crippen LogP) is 1.27. The second-order valence-electron chi connectivity index (χ2n) is 4.48. The first-order chi connectivity index (χ1) is 9.86. The van der Waals surface area contributed by atoms with Gasteiger partial charge in [-0.05, 0) is 19.5 Å². The minimum atomic E-state index is -0.814. The van der Waals surface area contributed by atoms with Crippen molar-refractivity contribution in [2.24, 2.45) is 5.73 Å². The van der Waals surface area contributed by atoms with Gasteiger partial charge in [-0.15, -0.1) is 0 Å². The molecule has 0 radical (unpaired) electrons. The van der Waals surface area contributed by atoms with E-state index in [1.54, 1.807) is 0 Å². The summed E-state index contributed by atoms with van der Waals surface area (Å²) >= 11 is 0. The molecule has 1 aromatic rings. The van der Waals surface area contributed by atoms with E-state index in [2.05, 4.69) is 5.32 Å². The van der Waals surface area contributed by atoms with Crippen LogP contribution >= 0.6 is 0 Å². The molecule has 21 heavy (non-hydrogen) atoms. The number of nitrogens with one attached hydrogen (secondary N) is 1. The van der Waals surface area contributed by atoms with Crippen molar-refractivity contribution in [2.75, 3.05) is 13.2 Å². The van der Waals surface area contributed by atoms with Gasteiger partial charge < -0.3 is 15.8 Å². The quantitative estimate of drug-likeness (QED) is 0.555. The van der Waals surface area contributed by atoms with Crippen LogP contribution in [0.4, 0.5) is 10.1 Å². The molecule has 7 nitrogen and oxygen atoms in total. The Labute approximate surface area is 121 Å². The summed E-state index contributed by atoms with van der Waals surface area (Å²) in [6, 6.07) is 1.53. The van der Waals surface area contributed by atoms with Crippen molar-refractivity contribution in [2.45, 2.75) is 26.3 Å². The van der Waals surface area contributed by atoms with Crippen molar-refractivity contribution in [3.8, 4) is 5.75 Å². The topological polar surface area (TPSA) is 107 Å². The number of nitrogens with two attached hydrogens (primary N) is 1. The molecule has 1 amide bonds. The molecule has 3 N–H and O–H groups in total. The number of nitro groups is 1. The SMILES string of the molecule is CCNC(CCOc1cc(C)c([N+](=O)[O-])cc1F)C(N)=O. The molecule has 0 bridgehead atoms. The van der Waals surface area contributed by atoms with Gasteiger partial charge in [-0.2, -0.15) is 0 Å². The van der Waals surface area contributed by atoms with Crippen LogP contribution in [0.5, 0.6) is 5.75 Å². The Morgan fingerprint density at radius 1 is 1.57 bits per heavy atom. The highest BCUT2D eigenvalue weighted by atomic mass is 19.1. The highest BCUT2D eigenvalue weighted by Gasteiger charge is 2.18. The molecule has 0 fully saturated rings. The van der Waals surface area contributed by atoms with Crippen molar-refractivity contribution in [1.82, 2.24) is 5.32 Å². The molecule has 0 spiro atoms. The number of hydrogen-bond donors (Lipinski definition) is 2. The summed E-state index contributed by atoms with van der Waals surface area (Å²) in [5.74, 6) is -1.41. The first-order valence-electron chi connectivity index (χ1n) is 6.46. The van der Waals surface area contributed by atoms with Crippen LogP contribution in [0.3, 0.4) is 0 Å². The fourth-order valence-electron chi connectivity index (χ4n) is 1.83. The van der Waals surface area contributed by atoms with Gasteiger partial charge in [0.25, 0.3) is 5.69 Å². The fraction of sp³-hybridized carbons (Fsp3) is 0.462. The van der Waals surface area contributed by atoms with Crippen LogP contribution in [0, 0.1) is 22.9 Å². The second-order valence-corrected chi connectivity index (χ2v) is 4.48. The minimum Gasteiger partial charge on any atom is -0.490 e. The van der Waals surface area contributed by atoms with E-state index in [-0.39, 0.29) is 24.5 Å². The molecular weight excluding hydrogens is 281 g/mol. The molecular formula is C13H18FN3O4. The molecule has 0 saturated heterocycles. The van der Waals surface area contributed by atoms with Gasteiger partial charge in [0.15, 0.2) is 11.6 Å². The molecule has 116 valence electrons. The van der Waals surface area contributed by atoms with Crippen LogP contribution in [-0.4, -0.2) is 30.0 Å². The minimum absolute atomic E-state index is 0.0643. The number of carbonyl (C=O) groups excluding carboxylic acids is 1. The molecule has 1 rings (SSSR count). The third-order valence-electron chi connectivity index (χ3n) is 2.91. The summed E-state index contributed by atoms with van der Waals surface area (Å²) in [5, 5.41) is 13.6. The predicted molar refractivity (Wildman–Crippen MR) is 74.6 cm³/mol. The van der Waals surface area contributed by atoms with Gasteiger partial charge in [-0.1, -0.05) is 6.92 Å². The number of ether oxygens (including phenoxy) is 1. The van der Waals surface area contributed by atoms with Crippen molar-refractivity contribution >= 4 is 11.6 Å². The van der Waals surface area contributed by atoms with Gasteiger partial charge in [-0.3, -0.25) is 14.9 Å². The Kier molecular flexibility index (Phi) is 6.04. The lowest BCUT2D eigenvalue weighted by molar-refractivity contribution is -0.385. The molecule has 1 unspecified atom stereocenters. The lowest BCUT2D eigenvalue weighted by Crippen LogP contribution is -2.42. The van der Waals surface area contributed by atoms with Gasteiger partial charge in [0, 0.05) is 12.0 Å². The van der Waals surface area contributed by atoms with Crippen molar-refractivity contribution in [3.63, 3.8) is 0 Å². The number of amides is 1. The number of likely N-dealkylation sites (N-methyl/N-ethyl adjacent to an activating group) is 1. The Bertz CT molecular complexity index is 536. The molecule has 0 aliphatic carbocycles. The van der Waals surface area contributed by atoms with E-state index in [0.717, 1.165) is 6.07 Å². The number of primary amides is 1. The molecule has 8 heteroatoms. The van der Waals surface area contributed by atoms with Crippen molar-refractivity contribution < 1.29 is 18.8 Å². The summed E-state index contributed by atoms with van der Waals surface area (Å²) < 4.78 is 18.9. The Morgan fingerprint density at radius 2 is 2.24 bits per heavy atom. The van der Waals surface area contributed by atoms with E-state index < -0.39 is 22.7 Å². The lowest BCUT2D eigenvalue weighted by Gasteiger charge is -2.15. The normalized spacial score (nSPS) is 12.0. The number of benzene rings is 1. The van der Waals surface area contributed by atoms with Crippen molar-refractivity contribution in [1.29, 1.82) is 0 Å². The summed E-state index contributed by atoms with van der Waals surface area (Å²) in [4.78, 5) is 21.1. The van der Waals surface area contributed by atoms with Gasteiger partial charge in [-0.25, -0.2) is 4.39 Å². The van der Waals surface area contributed by atoms with Gasteiger partial charge in [0.05, 0.1) is 23.6 Å². The number of halogens is 1. The lowest BCUT2D eigenvalue weighted by atomic mass is 10.2.